The zero-order valence-electron chi connectivity index (χ0n) is 17.7. The lowest BCUT2D eigenvalue weighted by atomic mass is 9.89. The maximum atomic E-state index is 13.2. The van der Waals surface area contributed by atoms with E-state index in [-0.39, 0.29) is 18.4 Å². The number of benzene rings is 2. The fourth-order valence-corrected chi connectivity index (χ4v) is 3.36. The van der Waals surface area contributed by atoms with E-state index in [0.29, 0.717) is 23.4 Å². The Morgan fingerprint density at radius 1 is 1.06 bits per heavy atom. The van der Waals surface area contributed by atoms with Crippen LogP contribution in [-0.2, 0) is 21.6 Å². The van der Waals surface area contributed by atoms with Crippen LogP contribution in [0, 0.1) is 19.7 Å². The van der Waals surface area contributed by atoms with Crippen molar-refractivity contribution in [1.82, 2.24) is 9.97 Å². The predicted octanol–water partition coefficient (Wildman–Crippen LogP) is 4.24. The van der Waals surface area contributed by atoms with E-state index >= 15 is 0 Å². The number of nitrogens with zero attached hydrogens (tertiary/aromatic N) is 2. The smallest absolute Gasteiger partial charge is 0.348 e. The number of carbonyl (C=O) groups is 1. The van der Waals surface area contributed by atoms with Crippen LogP contribution in [0.1, 0.15) is 29.4 Å². The van der Waals surface area contributed by atoms with Crippen LogP contribution in [0.25, 0.3) is 0 Å². The molecule has 3 aromatic rings. The monoisotopic (exact) mass is 424 g/mol. The average Bonchev–Trinajstić information content (AvgIpc) is 2.73. The second kappa shape index (κ2) is 9.66. The largest absolute Gasteiger partial charge is 0.478 e. The van der Waals surface area contributed by atoms with Crippen molar-refractivity contribution in [3.05, 3.63) is 89.0 Å². The average molecular weight is 424 g/mol. The summed E-state index contributed by atoms with van der Waals surface area (Å²) in [5.41, 5.74) is 1.54. The van der Waals surface area contributed by atoms with E-state index < -0.39 is 17.7 Å². The Labute approximate surface area is 180 Å². The summed E-state index contributed by atoms with van der Waals surface area (Å²) in [6.45, 7) is 5.45. The van der Waals surface area contributed by atoms with Crippen LogP contribution in [-0.4, -0.2) is 33.8 Å². The van der Waals surface area contributed by atoms with Crippen molar-refractivity contribution >= 4 is 5.97 Å². The number of halogens is 1. The predicted molar refractivity (Wildman–Crippen MR) is 113 cm³/mol. The fourth-order valence-electron chi connectivity index (χ4n) is 3.36. The minimum Gasteiger partial charge on any atom is -0.478 e. The number of ether oxygens (including phenoxy) is 2. The van der Waals surface area contributed by atoms with Crippen LogP contribution in [0.15, 0.2) is 60.7 Å². The standard InChI is InChI=1S/C24H25FN2O4/c1-16-15-17(2)27-23(26-16)31-21(22(28)29)24(3,19-7-5-4-6-8-19)30-14-13-18-9-11-20(25)12-10-18/h4-12,15,21H,13-14H2,1-3H3,(H,28,29)/t21-,24+/m1/s1. The molecule has 2 aromatic carbocycles. The SMILES string of the molecule is Cc1cc(C)nc(O[C@H](C(=O)O)[C@@](C)(OCCc2ccc(F)cc2)c2ccccc2)n1. The van der Waals surface area contributed by atoms with E-state index in [0.717, 1.165) is 5.56 Å². The zero-order chi connectivity index (χ0) is 22.4. The minimum absolute atomic E-state index is 0.0193. The second-order valence-corrected chi connectivity index (χ2v) is 7.47. The molecule has 0 spiro atoms. The van der Waals surface area contributed by atoms with Crippen molar-refractivity contribution < 1.29 is 23.8 Å². The first kappa shape index (κ1) is 22.4. The zero-order valence-corrected chi connectivity index (χ0v) is 17.7. The Morgan fingerprint density at radius 3 is 2.26 bits per heavy atom. The summed E-state index contributed by atoms with van der Waals surface area (Å²) < 4.78 is 25.1. The van der Waals surface area contributed by atoms with E-state index in [2.05, 4.69) is 9.97 Å². The highest BCUT2D eigenvalue weighted by Gasteiger charge is 2.44. The first-order valence-electron chi connectivity index (χ1n) is 9.93. The van der Waals surface area contributed by atoms with E-state index in [1.54, 1.807) is 51.1 Å². The fraction of sp³-hybridized carbons (Fsp3) is 0.292. The first-order valence-corrected chi connectivity index (χ1v) is 9.93. The summed E-state index contributed by atoms with van der Waals surface area (Å²) in [5.74, 6) is -1.51. The molecule has 0 unspecified atom stereocenters. The highest BCUT2D eigenvalue weighted by Crippen LogP contribution is 2.32. The van der Waals surface area contributed by atoms with Crippen molar-refractivity contribution in [3.63, 3.8) is 0 Å². The Kier molecular flexibility index (Phi) is 6.97. The highest BCUT2D eigenvalue weighted by molar-refractivity contribution is 5.75. The lowest BCUT2D eigenvalue weighted by Gasteiger charge is -2.35. The summed E-state index contributed by atoms with van der Waals surface area (Å²) in [5, 5.41) is 10.0. The summed E-state index contributed by atoms with van der Waals surface area (Å²) in [6.07, 6.45) is -0.918. The Morgan fingerprint density at radius 2 is 1.68 bits per heavy atom. The van der Waals surface area contributed by atoms with Crippen molar-refractivity contribution in [2.24, 2.45) is 0 Å². The molecule has 6 nitrogen and oxygen atoms in total. The summed E-state index contributed by atoms with van der Waals surface area (Å²) >= 11 is 0. The van der Waals surface area contributed by atoms with Gasteiger partial charge in [0.1, 0.15) is 11.4 Å². The number of hydrogen-bond donors (Lipinski definition) is 1. The molecule has 0 aliphatic carbocycles. The molecule has 1 heterocycles. The van der Waals surface area contributed by atoms with E-state index in [1.165, 1.54) is 12.1 Å². The molecule has 1 N–H and O–H groups in total. The lowest BCUT2D eigenvalue weighted by Crippen LogP contribution is -2.49. The molecule has 0 bridgehead atoms. The van der Waals surface area contributed by atoms with Crippen LogP contribution in [0.2, 0.25) is 0 Å². The molecule has 3 rings (SSSR count). The molecule has 31 heavy (non-hydrogen) atoms. The molecule has 0 saturated carbocycles. The van der Waals surface area contributed by atoms with Gasteiger partial charge in [-0.05, 0) is 56.5 Å². The van der Waals surface area contributed by atoms with Gasteiger partial charge in [0, 0.05) is 11.4 Å². The molecule has 0 aliphatic heterocycles. The third-order valence-electron chi connectivity index (χ3n) is 4.96. The van der Waals surface area contributed by atoms with Crippen molar-refractivity contribution in [2.75, 3.05) is 6.61 Å². The normalized spacial score (nSPS) is 13.9. The number of aliphatic carboxylic acids is 1. The topological polar surface area (TPSA) is 81.5 Å². The molecule has 0 aliphatic rings. The Hall–Kier alpha value is -3.32. The quantitative estimate of drug-likeness (QED) is 0.553. The number of rotatable bonds is 9. The van der Waals surface area contributed by atoms with Crippen molar-refractivity contribution in [2.45, 2.75) is 38.9 Å². The van der Waals surface area contributed by atoms with E-state index in [1.807, 2.05) is 18.2 Å². The van der Waals surface area contributed by atoms with Crippen molar-refractivity contribution in [1.29, 1.82) is 0 Å². The molecule has 7 heteroatoms. The lowest BCUT2D eigenvalue weighted by molar-refractivity contribution is -0.168. The summed E-state index contributed by atoms with van der Waals surface area (Å²) in [4.78, 5) is 20.7. The molecule has 1 aromatic heterocycles. The van der Waals surface area contributed by atoms with Gasteiger partial charge in [-0.2, -0.15) is 0 Å². The van der Waals surface area contributed by atoms with Crippen LogP contribution >= 0.6 is 0 Å². The summed E-state index contributed by atoms with van der Waals surface area (Å²) in [6, 6.07) is 16.9. The first-order chi connectivity index (χ1) is 14.8. The van der Waals surface area contributed by atoms with Crippen LogP contribution in [0.5, 0.6) is 6.01 Å². The third kappa shape index (κ3) is 5.64. The molecular formula is C24H25FN2O4. The second-order valence-electron chi connectivity index (χ2n) is 7.47. The molecule has 0 radical (unpaired) electrons. The summed E-state index contributed by atoms with van der Waals surface area (Å²) in [7, 11) is 0. The number of carboxylic acids is 1. The van der Waals surface area contributed by atoms with E-state index in [9.17, 15) is 14.3 Å². The van der Waals surface area contributed by atoms with Crippen LogP contribution < -0.4 is 4.74 Å². The number of aryl methyl sites for hydroxylation is 2. The number of aromatic nitrogens is 2. The van der Waals surface area contributed by atoms with Gasteiger partial charge in [0.2, 0.25) is 6.10 Å². The van der Waals surface area contributed by atoms with Gasteiger partial charge in [0.25, 0.3) is 0 Å². The maximum absolute atomic E-state index is 13.2. The van der Waals surface area contributed by atoms with Gasteiger partial charge in [-0.15, -0.1) is 0 Å². The molecule has 2 atom stereocenters. The van der Waals surface area contributed by atoms with Gasteiger partial charge in [0.15, 0.2) is 0 Å². The Balaban J connectivity index is 1.89. The van der Waals surface area contributed by atoms with Gasteiger partial charge in [-0.25, -0.2) is 19.2 Å². The van der Waals surface area contributed by atoms with Gasteiger partial charge in [-0.1, -0.05) is 42.5 Å². The van der Waals surface area contributed by atoms with Gasteiger partial charge >= 0.3 is 12.0 Å². The van der Waals surface area contributed by atoms with Crippen LogP contribution in [0.3, 0.4) is 0 Å². The molecule has 0 fully saturated rings. The molecule has 0 saturated heterocycles. The van der Waals surface area contributed by atoms with Gasteiger partial charge in [-0.3, -0.25) is 0 Å². The highest BCUT2D eigenvalue weighted by atomic mass is 19.1. The number of carboxylic acid groups (broad SMARTS) is 1. The molecule has 0 amide bonds. The Bertz CT molecular complexity index is 1010. The van der Waals surface area contributed by atoms with Gasteiger partial charge in [0.05, 0.1) is 6.61 Å². The maximum Gasteiger partial charge on any atom is 0.348 e. The van der Waals surface area contributed by atoms with E-state index in [4.69, 9.17) is 9.47 Å². The van der Waals surface area contributed by atoms with Gasteiger partial charge < -0.3 is 14.6 Å². The minimum atomic E-state index is -1.40. The van der Waals surface area contributed by atoms with Crippen LogP contribution in [0.4, 0.5) is 4.39 Å². The third-order valence-corrected chi connectivity index (χ3v) is 4.96. The molecule has 162 valence electrons. The molecular weight excluding hydrogens is 399 g/mol. The van der Waals surface area contributed by atoms with Crippen molar-refractivity contribution in [3.8, 4) is 6.01 Å². The number of hydrogen-bond acceptors (Lipinski definition) is 5.